The number of rotatable bonds is 2. The minimum Gasteiger partial charge on any atom is -0.276 e. The Balaban J connectivity index is 3.35. The molecule has 0 fully saturated rings. The first-order valence-corrected chi connectivity index (χ1v) is 5.52. The van der Waals surface area contributed by atoms with E-state index < -0.39 is 0 Å². The topological polar surface area (TPSA) is 17.1 Å². The van der Waals surface area contributed by atoms with Crippen molar-refractivity contribution in [2.45, 2.75) is 18.7 Å². The molecule has 1 rings (SSSR count). The summed E-state index contributed by atoms with van der Waals surface area (Å²) in [5.41, 5.74) is 2.77. The lowest BCUT2D eigenvalue weighted by molar-refractivity contribution is 0.108. The summed E-state index contributed by atoms with van der Waals surface area (Å²) in [4.78, 5) is 12.1. The Kier molecular flexibility index (Phi) is 3.40. The number of carbonyl (C=O) groups is 1. The summed E-state index contributed by atoms with van der Waals surface area (Å²) in [6.07, 6.45) is 2.00. The number of aryl methyl sites for hydroxylation is 1. The predicted molar refractivity (Wildman–Crippen MR) is 57.9 cm³/mol. The van der Waals surface area contributed by atoms with Gasteiger partial charge in [-0.25, -0.2) is 0 Å². The first-order valence-electron chi connectivity index (χ1n) is 3.92. The maximum Gasteiger partial charge on any atom is 0.252 e. The van der Waals surface area contributed by atoms with Crippen LogP contribution in [0.15, 0.2) is 17.0 Å². The van der Waals surface area contributed by atoms with Crippen LogP contribution in [-0.2, 0) is 0 Å². The SMILES string of the molecule is CSc1c(C)ccc(C(=O)Cl)c1C. The molecule has 0 spiro atoms. The molecule has 1 aromatic carbocycles. The average molecular weight is 215 g/mol. The van der Waals surface area contributed by atoms with Gasteiger partial charge < -0.3 is 0 Å². The van der Waals surface area contributed by atoms with E-state index >= 15 is 0 Å². The van der Waals surface area contributed by atoms with Crippen molar-refractivity contribution in [3.63, 3.8) is 0 Å². The molecular formula is C10H11ClOS. The molecule has 1 nitrogen and oxygen atoms in total. The van der Waals surface area contributed by atoms with Crippen LogP contribution < -0.4 is 0 Å². The summed E-state index contributed by atoms with van der Waals surface area (Å²) >= 11 is 7.08. The summed E-state index contributed by atoms with van der Waals surface area (Å²) in [5.74, 6) is 0. The molecule has 0 saturated heterocycles. The van der Waals surface area contributed by atoms with Gasteiger partial charge in [-0.1, -0.05) is 6.07 Å². The van der Waals surface area contributed by atoms with Gasteiger partial charge in [0.05, 0.1) is 0 Å². The fraction of sp³-hybridized carbons (Fsp3) is 0.300. The zero-order chi connectivity index (χ0) is 10.0. The van der Waals surface area contributed by atoms with Crippen molar-refractivity contribution in [1.29, 1.82) is 0 Å². The molecule has 0 atom stereocenters. The molecule has 0 unspecified atom stereocenters. The van der Waals surface area contributed by atoms with Gasteiger partial charge in [0.15, 0.2) is 0 Å². The van der Waals surface area contributed by atoms with Crippen LogP contribution >= 0.6 is 23.4 Å². The van der Waals surface area contributed by atoms with Gasteiger partial charge in [0, 0.05) is 10.5 Å². The first-order chi connectivity index (χ1) is 6.07. The first kappa shape index (κ1) is 10.6. The number of benzene rings is 1. The van der Waals surface area contributed by atoms with Crippen molar-refractivity contribution in [2.75, 3.05) is 6.26 Å². The molecule has 0 aliphatic carbocycles. The molecule has 0 aliphatic heterocycles. The zero-order valence-electron chi connectivity index (χ0n) is 7.85. The van der Waals surface area contributed by atoms with Crippen LogP contribution in [0.4, 0.5) is 0 Å². The molecular weight excluding hydrogens is 204 g/mol. The summed E-state index contributed by atoms with van der Waals surface area (Å²) in [7, 11) is 0. The molecule has 0 bridgehead atoms. The van der Waals surface area contributed by atoms with E-state index in [1.807, 2.05) is 26.2 Å². The molecule has 0 radical (unpaired) electrons. The fourth-order valence-electron chi connectivity index (χ4n) is 1.35. The van der Waals surface area contributed by atoms with Crippen LogP contribution in [0.3, 0.4) is 0 Å². The highest BCUT2D eigenvalue weighted by Gasteiger charge is 2.10. The third kappa shape index (κ3) is 2.06. The fourth-order valence-corrected chi connectivity index (χ4v) is 2.36. The summed E-state index contributed by atoms with van der Waals surface area (Å²) < 4.78 is 0. The van der Waals surface area contributed by atoms with Crippen molar-refractivity contribution >= 4 is 28.6 Å². The standard InChI is InChI=1S/C10H11ClOS/c1-6-4-5-8(10(11)12)7(2)9(6)13-3/h4-5H,1-3H3. The van der Waals surface area contributed by atoms with Gasteiger partial charge in [-0.15, -0.1) is 11.8 Å². The average Bonchev–Trinajstić information content (AvgIpc) is 2.04. The van der Waals surface area contributed by atoms with Crippen molar-refractivity contribution in [3.8, 4) is 0 Å². The Morgan fingerprint density at radius 2 is 2.00 bits per heavy atom. The van der Waals surface area contributed by atoms with Crippen LogP contribution in [0, 0.1) is 13.8 Å². The molecule has 0 amide bonds. The second-order valence-corrected chi connectivity index (χ2v) is 4.02. The maximum absolute atomic E-state index is 11.0. The Labute approximate surface area is 87.5 Å². The van der Waals surface area contributed by atoms with Crippen LogP contribution in [0.25, 0.3) is 0 Å². The third-order valence-electron chi connectivity index (χ3n) is 2.02. The van der Waals surface area contributed by atoms with E-state index in [4.69, 9.17) is 11.6 Å². The van der Waals surface area contributed by atoms with Gasteiger partial charge >= 0.3 is 0 Å². The van der Waals surface area contributed by atoms with Crippen LogP contribution in [0.5, 0.6) is 0 Å². The van der Waals surface area contributed by atoms with Gasteiger partial charge in [-0.05, 0) is 48.9 Å². The molecule has 1 aromatic rings. The van der Waals surface area contributed by atoms with E-state index in [1.54, 1.807) is 17.8 Å². The van der Waals surface area contributed by atoms with E-state index in [0.717, 1.165) is 10.5 Å². The van der Waals surface area contributed by atoms with Crippen molar-refractivity contribution in [3.05, 3.63) is 28.8 Å². The Morgan fingerprint density at radius 3 is 2.46 bits per heavy atom. The van der Waals surface area contributed by atoms with E-state index in [0.29, 0.717) is 5.56 Å². The van der Waals surface area contributed by atoms with Crippen LogP contribution in [0.1, 0.15) is 21.5 Å². The van der Waals surface area contributed by atoms with Crippen LogP contribution in [-0.4, -0.2) is 11.5 Å². The quantitative estimate of drug-likeness (QED) is 0.555. The molecule has 0 N–H and O–H groups in total. The normalized spacial score (nSPS) is 10.2. The maximum atomic E-state index is 11.0. The van der Waals surface area contributed by atoms with E-state index in [9.17, 15) is 4.79 Å². The Hall–Kier alpha value is -0.470. The molecule has 0 saturated carbocycles. The molecule has 0 aromatic heterocycles. The van der Waals surface area contributed by atoms with Crippen molar-refractivity contribution in [2.24, 2.45) is 0 Å². The molecule has 13 heavy (non-hydrogen) atoms. The monoisotopic (exact) mass is 214 g/mol. The second kappa shape index (κ2) is 4.16. The number of halogens is 1. The largest absolute Gasteiger partial charge is 0.276 e. The predicted octanol–water partition coefficient (Wildman–Crippen LogP) is 3.40. The summed E-state index contributed by atoms with van der Waals surface area (Å²) in [6.45, 7) is 3.95. The number of carbonyl (C=O) groups excluding carboxylic acids is 1. The van der Waals surface area contributed by atoms with Gasteiger partial charge in [0.25, 0.3) is 5.24 Å². The Morgan fingerprint density at radius 1 is 1.38 bits per heavy atom. The van der Waals surface area contributed by atoms with Crippen LogP contribution in [0.2, 0.25) is 0 Å². The molecule has 70 valence electrons. The van der Waals surface area contributed by atoms with Gasteiger partial charge in [-0.3, -0.25) is 4.79 Å². The molecule has 0 heterocycles. The smallest absolute Gasteiger partial charge is 0.252 e. The van der Waals surface area contributed by atoms with Gasteiger partial charge in [0.2, 0.25) is 0 Å². The van der Waals surface area contributed by atoms with Crippen molar-refractivity contribution < 1.29 is 4.79 Å². The van der Waals surface area contributed by atoms with E-state index in [1.165, 1.54) is 5.56 Å². The summed E-state index contributed by atoms with van der Waals surface area (Å²) in [6, 6.07) is 3.70. The highest BCUT2D eigenvalue weighted by Crippen LogP contribution is 2.27. The van der Waals surface area contributed by atoms with Crippen molar-refractivity contribution in [1.82, 2.24) is 0 Å². The summed E-state index contributed by atoms with van der Waals surface area (Å²) in [5, 5.41) is -0.382. The molecule has 3 heteroatoms. The Bertz CT molecular complexity index is 347. The zero-order valence-corrected chi connectivity index (χ0v) is 9.42. The van der Waals surface area contributed by atoms with Gasteiger partial charge in [0.1, 0.15) is 0 Å². The lowest BCUT2D eigenvalue weighted by Gasteiger charge is -2.09. The number of hydrogen-bond acceptors (Lipinski definition) is 2. The van der Waals surface area contributed by atoms with E-state index in [2.05, 4.69) is 0 Å². The highest BCUT2D eigenvalue weighted by molar-refractivity contribution is 7.98. The van der Waals surface area contributed by atoms with Gasteiger partial charge in [-0.2, -0.15) is 0 Å². The minimum absolute atomic E-state index is 0.382. The second-order valence-electron chi connectivity index (χ2n) is 2.86. The number of thioether (sulfide) groups is 1. The molecule has 0 aliphatic rings. The third-order valence-corrected chi connectivity index (χ3v) is 3.26. The lowest BCUT2D eigenvalue weighted by atomic mass is 10.1. The lowest BCUT2D eigenvalue weighted by Crippen LogP contribution is -1.96. The highest BCUT2D eigenvalue weighted by atomic mass is 35.5. The minimum atomic E-state index is -0.382. The van der Waals surface area contributed by atoms with E-state index in [-0.39, 0.29) is 5.24 Å². The number of hydrogen-bond donors (Lipinski definition) is 0.